The second-order valence-corrected chi connectivity index (χ2v) is 5.30. The van der Waals surface area contributed by atoms with Crippen LogP contribution < -0.4 is 5.73 Å². The Labute approximate surface area is 124 Å². The van der Waals surface area contributed by atoms with Gasteiger partial charge in [0.1, 0.15) is 0 Å². The number of fused-ring (bicyclic) bond motifs is 1. The van der Waals surface area contributed by atoms with E-state index in [4.69, 9.17) is 5.73 Å². The van der Waals surface area contributed by atoms with Crippen LogP contribution in [-0.4, -0.2) is 11.7 Å². The number of hydrogen-bond acceptors (Lipinski definition) is 2. The van der Waals surface area contributed by atoms with Gasteiger partial charge < -0.3 is 10.8 Å². The summed E-state index contributed by atoms with van der Waals surface area (Å²) in [6.45, 7) is 0.411. The Hall–Kier alpha value is -2.16. The summed E-state index contributed by atoms with van der Waals surface area (Å²) in [4.78, 5) is 0. The fourth-order valence-electron chi connectivity index (χ4n) is 2.77. The van der Waals surface area contributed by atoms with Crippen molar-refractivity contribution in [2.45, 2.75) is 12.0 Å². The van der Waals surface area contributed by atoms with Gasteiger partial charge in [0.25, 0.3) is 0 Å². The van der Waals surface area contributed by atoms with Crippen molar-refractivity contribution in [1.29, 1.82) is 0 Å². The average Bonchev–Trinajstić information content (AvgIpc) is 2.56. The van der Waals surface area contributed by atoms with Gasteiger partial charge in [-0.1, -0.05) is 72.8 Å². The van der Waals surface area contributed by atoms with Gasteiger partial charge in [-0.15, -0.1) is 0 Å². The third-order valence-corrected chi connectivity index (χ3v) is 3.98. The minimum atomic E-state index is -0.586. The Bertz CT molecular complexity index is 724. The third-order valence-electron chi connectivity index (χ3n) is 3.98. The smallest absolute Gasteiger partial charge is 0.0870 e. The van der Waals surface area contributed by atoms with Gasteiger partial charge in [0.15, 0.2) is 0 Å². The molecule has 3 aromatic rings. The van der Waals surface area contributed by atoms with Crippen molar-refractivity contribution in [3.8, 4) is 0 Å². The molecule has 3 aromatic carbocycles. The molecule has 21 heavy (non-hydrogen) atoms. The molecule has 0 fully saturated rings. The third kappa shape index (κ3) is 2.82. The molecule has 2 atom stereocenters. The molecule has 2 nitrogen and oxygen atoms in total. The summed E-state index contributed by atoms with van der Waals surface area (Å²) < 4.78 is 0. The lowest BCUT2D eigenvalue weighted by molar-refractivity contribution is 0.147. The van der Waals surface area contributed by atoms with E-state index in [0.717, 1.165) is 11.1 Å². The minimum absolute atomic E-state index is 0.1000. The van der Waals surface area contributed by atoms with Crippen molar-refractivity contribution in [3.05, 3.63) is 83.9 Å². The minimum Gasteiger partial charge on any atom is -0.388 e. The van der Waals surface area contributed by atoms with E-state index in [1.165, 1.54) is 10.8 Å². The first-order valence-electron chi connectivity index (χ1n) is 7.21. The molecule has 3 N–H and O–H groups in total. The maximum atomic E-state index is 10.6. The summed E-state index contributed by atoms with van der Waals surface area (Å²) in [5.41, 5.74) is 7.91. The Kier molecular flexibility index (Phi) is 4.00. The second-order valence-electron chi connectivity index (χ2n) is 5.30. The predicted molar refractivity (Wildman–Crippen MR) is 87.1 cm³/mol. The largest absolute Gasteiger partial charge is 0.388 e. The summed E-state index contributed by atoms with van der Waals surface area (Å²) in [6, 6.07) is 24.2. The first-order valence-corrected chi connectivity index (χ1v) is 7.21. The van der Waals surface area contributed by atoms with E-state index in [2.05, 4.69) is 30.3 Å². The molecule has 0 saturated heterocycles. The van der Waals surface area contributed by atoms with Crippen molar-refractivity contribution in [3.63, 3.8) is 0 Å². The van der Waals surface area contributed by atoms with Crippen LogP contribution in [0.5, 0.6) is 0 Å². The average molecular weight is 277 g/mol. The van der Waals surface area contributed by atoms with E-state index in [0.29, 0.717) is 6.54 Å². The van der Waals surface area contributed by atoms with Crippen LogP contribution in [0.15, 0.2) is 72.8 Å². The zero-order chi connectivity index (χ0) is 14.7. The maximum absolute atomic E-state index is 10.6. The fraction of sp³-hybridized carbons (Fsp3) is 0.158. The molecule has 0 aliphatic heterocycles. The van der Waals surface area contributed by atoms with Crippen LogP contribution in [-0.2, 0) is 0 Å². The van der Waals surface area contributed by atoms with Gasteiger partial charge in [-0.05, 0) is 21.9 Å². The van der Waals surface area contributed by atoms with E-state index in [1.54, 1.807) is 0 Å². The number of hydrogen-bond donors (Lipinski definition) is 2. The van der Waals surface area contributed by atoms with Gasteiger partial charge in [0.2, 0.25) is 0 Å². The standard InChI is InChI=1S/C19H19NO/c20-13-18(19(21)15-7-2-1-3-8-15)17-11-10-14-6-4-5-9-16(14)12-17/h1-12,18-19,21H,13,20H2/t18-,19+/m1/s1. The van der Waals surface area contributed by atoms with Crippen LogP contribution in [0.4, 0.5) is 0 Å². The normalized spacial score (nSPS) is 14.0. The van der Waals surface area contributed by atoms with Crippen LogP contribution in [0.1, 0.15) is 23.1 Å². The highest BCUT2D eigenvalue weighted by Crippen LogP contribution is 2.31. The summed E-state index contributed by atoms with van der Waals surface area (Å²) in [6.07, 6.45) is -0.586. The summed E-state index contributed by atoms with van der Waals surface area (Å²) in [5, 5.41) is 13.0. The molecule has 2 heteroatoms. The van der Waals surface area contributed by atoms with E-state index in [9.17, 15) is 5.11 Å². The number of aliphatic hydroxyl groups is 1. The van der Waals surface area contributed by atoms with Crippen LogP contribution in [0.3, 0.4) is 0 Å². The topological polar surface area (TPSA) is 46.2 Å². The quantitative estimate of drug-likeness (QED) is 0.765. The van der Waals surface area contributed by atoms with E-state index < -0.39 is 6.10 Å². The molecule has 106 valence electrons. The lowest BCUT2D eigenvalue weighted by atomic mass is 9.88. The first-order chi connectivity index (χ1) is 10.3. The monoisotopic (exact) mass is 277 g/mol. The second kappa shape index (κ2) is 6.08. The van der Waals surface area contributed by atoms with Crippen LogP contribution in [0, 0.1) is 0 Å². The number of rotatable bonds is 4. The van der Waals surface area contributed by atoms with Crippen molar-refractivity contribution in [1.82, 2.24) is 0 Å². The van der Waals surface area contributed by atoms with Gasteiger partial charge >= 0.3 is 0 Å². The van der Waals surface area contributed by atoms with Crippen molar-refractivity contribution < 1.29 is 5.11 Å². The Morgan fingerprint density at radius 3 is 2.14 bits per heavy atom. The van der Waals surface area contributed by atoms with Crippen molar-refractivity contribution in [2.75, 3.05) is 6.54 Å². The van der Waals surface area contributed by atoms with E-state index in [1.807, 2.05) is 42.5 Å². The van der Waals surface area contributed by atoms with Crippen molar-refractivity contribution >= 4 is 10.8 Å². The van der Waals surface area contributed by atoms with Crippen molar-refractivity contribution in [2.24, 2.45) is 5.73 Å². The van der Waals surface area contributed by atoms with Crippen LogP contribution >= 0.6 is 0 Å². The molecule has 0 unspecified atom stereocenters. The van der Waals surface area contributed by atoms with Gasteiger partial charge in [-0.2, -0.15) is 0 Å². The molecular formula is C19H19NO. The van der Waals surface area contributed by atoms with E-state index >= 15 is 0 Å². The molecule has 0 aliphatic rings. The highest BCUT2D eigenvalue weighted by atomic mass is 16.3. The zero-order valence-corrected chi connectivity index (χ0v) is 11.8. The Morgan fingerprint density at radius 2 is 1.43 bits per heavy atom. The SMILES string of the molecule is NC[C@H](c1ccc2ccccc2c1)[C@@H](O)c1ccccc1. The summed E-state index contributed by atoms with van der Waals surface area (Å²) >= 11 is 0. The first kappa shape index (κ1) is 13.8. The molecule has 3 rings (SSSR count). The zero-order valence-electron chi connectivity index (χ0n) is 11.8. The predicted octanol–water partition coefficient (Wildman–Crippen LogP) is 3.62. The molecule has 0 aromatic heterocycles. The summed E-state index contributed by atoms with van der Waals surface area (Å²) in [5.74, 6) is -0.1000. The number of benzene rings is 3. The van der Waals surface area contributed by atoms with Gasteiger partial charge in [0, 0.05) is 12.5 Å². The highest BCUT2D eigenvalue weighted by molar-refractivity contribution is 5.83. The molecular weight excluding hydrogens is 258 g/mol. The van der Waals surface area contributed by atoms with Crippen LogP contribution in [0.2, 0.25) is 0 Å². The van der Waals surface area contributed by atoms with E-state index in [-0.39, 0.29) is 5.92 Å². The molecule has 0 radical (unpaired) electrons. The molecule has 0 amide bonds. The highest BCUT2D eigenvalue weighted by Gasteiger charge is 2.21. The number of nitrogens with two attached hydrogens (primary N) is 1. The van der Waals surface area contributed by atoms with Crippen LogP contribution in [0.25, 0.3) is 10.8 Å². The molecule has 0 bridgehead atoms. The molecule has 0 spiro atoms. The van der Waals surface area contributed by atoms with Gasteiger partial charge in [-0.25, -0.2) is 0 Å². The molecule has 0 aliphatic carbocycles. The van der Waals surface area contributed by atoms with Gasteiger partial charge in [0.05, 0.1) is 6.10 Å². The molecule has 0 heterocycles. The van der Waals surface area contributed by atoms with Gasteiger partial charge in [-0.3, -0.25) is 0 Å². The number of aliphatic hydroxyl groups excluding tert-OH is 1. The fourth-order valence-corrected chi connectivity index (χ4v) is 2.77. The molecule has 0 saturated carbocycles. The maximum Gasteiger partial charge on any atom is 0.0870 e. The lowest BCUT2D eigenvalue weighted by Gasteiger charge is -2.22. The summed E-state index contributed by atoms with van der Waals surface area (Å²) in [7, 11) is 0. The Balaban J connectivity index is 1.98. The lowest BCUT2D eigenvalue weighted by Crippen LogP contribution is -2.20. The Morgan fingerprint density at radius 1 is 0.762 bits per heavy atom.